The molecule has 0 amide bonds. The van der Waals surface area contributed by atoms with Crippen LogP contribution in [0.4, 0.5) is 0 Å². The average molecular weight is 219 g/mol. The van der Waals surface area contributed by atoms with Gasteiger partial charge < -0.3 is 14.4 Å². The fourth-order valence-corrected chi connectivity index (χ4v) is 2.04. The van der Waals surface area contributed by atoms with Crippen molar-refractivity contribution < 1.29 is 14.6 Å². The lowest BCUT2D eigenvalue weighted by atomic mass is 10.1. The standard InChI is InChI=1S/C12H13NO3/c1-7-9-6-8(16-3)4-5-10(9)13(2)11(7)12(14)15/h4-6H,1-3H3,(H,14,15). The number of carboxylic acids is 1. The van der Waals surface area contributed by atoms with Crippen LogP contribution in [-0.2, 0) is 7.05 Å². The van der Waals surface area contributed by atoms with Gasteiger partial charge in [-0.05, 0) is 30.7 Å². The van der Waals surface area contributed by atoms with Crippen molar-refractivity contribution >= 4 is 16.9 Å². The number of methoxy groups -OCH3 is 1. The SMILES string of the molecule is COc1ccc2c(c1)c(C)c(C(=O)O)n2C. The first-order chi connectivity index (χ1) is 7.56. The van der Waals surface area contributed by atoms with Crippen molar-refractivity contribution in [3.8, 4) is 5.75 Å². The van der Waals surface area contributed by atoms with Gasteiger partial charge >= 0.3 is 5.97 Å². The van der Waals surface area contributed by atoms with Gasteiger partial charge in [0.05, 0.1) is 7.11 Å². The van der Waals surface area contributed by atoms with Crippen LogP contribution in [0.1, 0.15) is 16.1 Å². The zero-order valence-corrected chi connectivity index (χ0v) is 9.44. The van der Waals surface area contributed by atoms with Gasteiger partial charge in [-0.25, -0.2) is 4.79 Å². The van der Waals surface area contributed by atoms with Crippen molar-refractivity contribution in [2.75, 3.05) is 7.11 Å². The number of rotatable bonds is 2. The molecule has 0 spiro atoms. The smallest absolute Gasteiger partial charge is 0.352 e. The van der Waals surface area contributed by atoms with E-state index in [1.807, 2.05) is 25.1 Å². The minimum absolute atomic E-state index is 0.322. The van der Waals surface area contributed by atoms with E-state index in [4.69, 9.17) is 9.84 Å². The largest absolute Gasteiger partial charge is 0.497 e. The molecule has 1 aromatic heterocycles. The van der Waals surface area contributed by atoms with E-state index >= 15 is 0 Å². The third kappa shape index (κ3) is 1.34. The second kappa shape index (κ2) is 3.56. The Kier molecular flexibility index (Phi) is 2.34. The number of aromatic carboxylic acids is 1. The molecule has 0 unspecified atom stereocenters. The first kappa shape index (κ1) is 10.5. The third-order valence-electron chi connectivity index (χ3n) is 2.86. The molecule has 2 aromatic rings. The van der Waals surface area contributed by atoms with E-state index < -0.39 is 5.97 Å². The molecule has 0 bridgehead atoms. The lowest BCUT2D eigenvalue weighted by Crippen LogP contribution is -2.05. The molecule has 2 rings (SSSR count). The average Bonchev–Trinajstić information content (AvgIpc) is 2.51. The molecule has 16 heavy (non-hydrogen) atoms. The van der Waals surface area contributed by atoms with Crippen LogP contribution in [0.15, 0.2) is 18.2 Å². The summed E-state index contributed by atoms with van der Waals surface area (Å²) in [6.45, 7) is 1.81. The maximum atomic E-state index is 11.1. The van der Waals surface area contributed by atoms with Crippen LogP contribution in [-0.4, -0.2) is 22.8 Å². The Morgan fingerprint density at radius 3 is 2.69 bits per heavy atom. The summed E-state index contributed by atoms with van der Waals surface area (Å²) in [7, 11) is 3.35. The number of benzene rings is 1. The van der Waals surface area contributed by atoms with Gasteiger partial charge in [-0.2, -0.15) is 0 Å². The molecule has 0 radical (unpaired) electrons. The minimum atomic E-state index is -0.907. The topological polar surface area (TPSA) is 51.5 Å². The van der Waals surface area contributed by atoms with Gasteiger partial charge in [0.2, 0.25) is 0 Å². The summed E-state index contributed by atoms with van der Waals surface area (Å²) < 4.78 is 6.82. The van der Waals surface area contributed by atoms with Crippen LogP contribution in [0.2, 0.25) is 0 Å². The predicted molar refractivity (Wildman–Crippen MR) is 61.2 cm³/mol. The van der Waals surface area contributed by atoms with Crippen molar-refractivity contribution in [2.45, 2.75) is 6.92 Å². The highest BCUT2D eigenvalue weighted by atomic mass is 16.5. The first-order valence-electron chi connectivity index (χ1n) is 4.92. The van der Waals surface area contributed by atoms with Crippen LogP contribution in [0, 0.1) is 6.92 Å². The number of hydrogen-bond donors (Lipinski definition) is 1. The summed E-state index contributed by atoms with van der Waals surface area (Å²) in [5, 5.41) is 10.0. The van der Waals surface area contributed by atoms with Gasteiger partial charge in [0.1, 0.15) is 11.4 Å². The molecule has 0 aliphatic heterocycles. The number of carbonyl (C=O) groups is 1. The van der Waals surface area contributed by atoms with E-state index in [1.54, 1.807) is 18.7 Å². The van der Waals surface area contributed by atoms with Crippen molar-refractivity contribution in [1.82, 2.24) is 4.57 Å². The van der Waals surface area contributed by atoms with E-state index in [-0.39, 0.29) is 0 Å². The molecular weight excluding hydrogens is 206 g/mol. The molecule has 4 heteroatoms. The number of aromatic nitrogens is 1. The molecule has 1 heterocycles. The van der Waals surface area contributed by atoms with Crippen molar-refractivity contribution in [3.05, 3.63) is 29.5 Å². The zero-order chi connectivity index (χ0) is 11.9. The maximum Gasteiger partial charge on any atom is 0.352 e. The number of fused-ring (bicyclic) bond motifs is 1. The molecule has 0 saturated heterocycles. The highest BCUT2D eigenvalue weighted by Gasteiger charge is 2.17. The van der Waals surface area contributed by atoms with E-state index in [1.165, 1.54) is 0 Å². The Hall–Kier alpha value is -1.97. The fourth-order valence-electron chi connectivity index (χ4n) is 2.04. The van der Waals surface area contributed by atoms with Gasteiger partial charge in [0.15, 0.2) is 0 Å². The van der Waals surface area contributed by atoms with Crippen molar-refractivity contribution in [3.63, 3.8) is 0 Å². The van der Waals surface area contributed by atoms with Gasteiger partial charge in [-0.1, -0.05) is 0 Å². The van der Waals surface area contributed by atoms with Crippen LogP contribution >= 0.6 is 0 Å². The molecule has 1 N–H and O–H groups in total. The fraction of sp³-hybridized carbons (Fsp3) is 0.250. The molecule has 0 fully saturated rings. The lowest BCUT2D eigenvalue weighted by Gasteiger charge is -2.01. The van der Waals surface area contributed by atoms with Gasteiger partial charge in [0.25, 0.3) is 0 Å². The number of hydrogen-bond acceptors (Lipinski definition) is 2. The van der Waals surface area contributed by atoms with Gasteiger partial charge in [0, 0.05) is 18.0 Å². The Morgan fingerprint density at radius 1 is 1.44 bits per heavy atom. The maximum absolute atomic E-state index is 11.1. The summed E-state index contributed by atoms with van der Waals surface area (Å²) >= 11 is 0. The van der Waals surface area contributed by atoms with Crippen LogP contribution in [0.3, 0.4) is 0 Å². The number of ether oxygens (including phenoxy) is 1. The lowest BCUT2D eigenvalue weighted by molar-refractivity contribution is 0.0686. The van der Waals surface area contributed by atoms with E-state index in [0.29, 0.717) is 5.69 Å². The second-order valence-corrected chi connectivity index (χ2v) is 3.72. The number of aryl methyl sites for hydroxylation is 2. The summed E-state index contributed by atoms with van der Waals surface area (Å²) in [4.78, 5) is 11.1. The van der Waals surface area contributed by atoms with Gasteiger partial charge in [-0.15, -0.1) is 0 Å². The number of carboxylic acid groups (broad SMARTS) is 1. The van der Waals surface area contributed by atoms with Crippen molar-refractivity contribution in [1.29, 1.82) is 0 Å². The normalized spacial score (nSPS) is 10.7. The zero-order valence-electron chi connectivity index (χ0n) is 9.44. The molecule has 4 nitrogen and oxygen atoms in total. The summed E-state index contributed by atoms with van der Waals surface area (Å²) in [6, 6.07) is 5.55. The Labute approximate surface area is 93.1 Å². The summed E-state index contributed by atoms with van der Waals surface area (Å²) in [5.41, 5.74) is 1.99. The molecular formula is C12H13NO3. The van der Waals surface area contributed by atoms with Crippen LogP contribution < -0.4 is 4.74 Å². The highest BCUT2D eigenvalue weighted by molar-refractivity contribution is 5.98. The van der Waals surface area contributed by atoms with Crippen LogP contribution in [0.25, 0.3) is 10.9 Å². The minimum Gasteiger partial charge on any atom is -0.497 e. The second-order valence-electron chi connectivity index (χ2n) is 3.72. The molecule has 1 aromatic carbocycles. The Bertz CT molecular complexity index is 569. The quantitative estimate of drug-likeness (QED) is 0.842. The molecule has 0 saturated carbocycles. The van der Waals surface area contributed by atoms with E-state index in [2.05, 4.69) is 0 Å². The Balaban J connectivity index is 2.83. The molecule has 0 aliphatic rings. The van der Waals surface area contributed by atoms with E-state index in [0.717, 1.165) is 22.2 Å². The Morgan fingerprint density at radius 2 is 2.12 bits per heavy atom. The first-order valence-corrected chi connectivity index (χ1v) is 4.92. The number of nitrogens with zero attached hydrogens (tertiary/aromatic N) is 1. The van der Waals surface area contributed by atoms with Gasteiger partial charge in [-0.3, -0.25) is 0 Å². The van der Waals surface area contributed by atoms with Crippen molar-refractivity contribution in [2.24, 2.45) is 7.05 Å². The predicted octanol–water partition coefficient (Wildman–Crippen LogP) is 2.19. The molecule has 0 aliphatic carbocycles. The van der Waals surface area contributed by atoms with Crippen LogP contribution in [0.5, 0.6) is 5.75 Å². The summed E-state index contributed by atoms with van der Waals surface area (Å²) in [5.74, 6) is -0.173. The third-order valence-corrected chi connectivity index (χ3v) is 2.86. The highest BCUT2D eigenvalue weighted by Crippen LogP contribution is 2.28. The molecule has 84 valence electrons. The van der Waals surface area contributed by atoms with E-state index in [9.17, 15) is 4.79 Å². The monoisotopic (exact) mass is 219 g/mol. The summed E-state index contributed by atoms with van der Waals surface area (Å²) in [6.07, 6.45) is 0. The molecule has 0 atom stereocenters.